The summed E-state index contributed by atoms with van der Waals surface area (Å²) >= 11 is 0. The minimum absolute atomic E-state index is 0.824. The number of fused-ring (bicyclic) bond motifs is 1. The summed E-state index contributed by atoms with van der Waals surface area (Å²) in [7, 11) is 2.12. The van der Waals surface area contributed by atoms with E-state index >= 15 is 0 Å². The summed E-state index contributed by atoms with van der Waals surface area (Å²) in [5.74, 6) is 2.70. The third kappa shape index (κ3) is 2.37. The van der Waals surface area contributed by atoms with Gasteiger partial charge in [0.2, 0.25) is 0 Å². The second-order valence-electron chi connectivity index (χ2n) is 5.32. The molecule has 5 heteroatoms. The van der Waals surface area contributed by atoms with Gasteiger partial charge in [0.15, 0.2) is 11.5 Å². The maximum atomic E-state index is 4.71. The molecule has 0 aromatic carbocycles. The smallest absolute Gasteiger partial charge is 0.180 e. The normalized spacial score (nSPS) is 15.5. The molecule has 5 nitrogen and oxygen atoms in total. The lowest BCUT2D eigenvalue weighted by Crippen LogP contribution is -2.30. The number of nitrogens with one attached hydrogen (secondary N) is 1. The van der Waals surface area contributed by atoms with Crippen molar-refractivity contribution in [1.82, 2.24) is 14.4 Å². The summed E-state index contributed by atoms with van der Waals surface area (Å²) in [4.78, 5) is 11.4. The third-order valence-corrected chi connectivity index (χ3v) is 3.83. The molecule has 0 atom stereocenters. The van der Waals surface area contributed by atoms with Gasteiger partial charge in [0.05, 0.1) is 6.20 Å². The molecule has 2 aromatic rings. The van der Waals surface area contributed by atoms with Crippen LogP contribution >= 0.6 is 0 Å². The molecule has 1 aliphatic carbocycles. The fourth-order valence-corrected chi connectivity index (χ4v) is 2.59. The van der Waals surface area contributed by atoms with Gasteiger partial charge in [0, 0.05) is 32.5 Å². The predicted molar refractivity (Wildman–Crippen MR) is 77.8 cm³/mol. The molecule has 1 aliphatic rings. The monoisotopic (exact) mass is 259 g/mol. The van der Waals surface area contributed by atoms with Crippen LogP contribution in [0.1, 0.15) is 26.2 Å². The molecular weight excluding hydrogens is 238 g/mol. The summed E-state index contributed by atoms with van der Waals surface area (Å²) in [6.07, 6.45) is 9.87. The Hall–Kier alpha value is -1.78. The van der Waals surface area contributed by atoms with Crippen LogP contribution in [-0.4, -0.2) is 34.5 Å². The Kier molecular flexibility index (Phi) is 3.27. The van der Waals surface area contributed by atoms with Crippen molar-refractivity contribution in [2.75, 3.05) is 30.4 Å². The van der Waals surface area contributed by atoms with Crippen LogP contribution in [0.3, 0.4) is 0 Å². The second-order valence-corrected chi connectivity index (χ2v) is 5.32. The van der Waals surface area contributed by atoms with E-state index < -0.39 is 0 Å². The van der Waals surface area contributed by atoms with Crippen molar-refractivity contribution in [2.24, 2.45) is 5.92 Å². The maximum Gasteiger partial charge on any atom is 0.180 e. The Labute approximate surface area is 113 Å². The molecule has 1 fully saturated rings. The number of imidazole rings is 1. The van der Waals surface area contributed by atoms with E-state index in [2.05, 4.69) is 29.2 Å². The van der Waals surface area contributed by atoms with Gasteiger partial charge in [-0.15, -0.1) is 0 Å². The van der Waals surface area contributed by atoms with Gasteiger partial charge in [-0.05, 0) is 25.7 Å². The molecule has 0 saturated heterocycles. The summed E-state index contributed by atoms with van der Waals surface area (Å²) in [6.45, 7) is 4.03. The average Bonchev–Trinajstić information content (AvgIpc) is 2.81. The highest BCUT2D eigenvalue weighted by molar-refractivity contribution is 5.66. The van der Waals surface area contributed by atoms with Crippen LogP contribution in [0.4, 0.5) is 11.6 Å². The van der Waals surface area contributed by atoms with Gasteiger partial charge in [0.1, 0.15) is 5.82 Å². The minimum atomic E-state index is 0.824. The lowest BCUT2D eigenvalue weighted by atomic mass is 9.85. The van der Waals surface area contributed by atoms with Crippen molar-refractivity contribution in [3.8, 4) is 0 Å². The standard InChI is InChI=1S/C14H21N5/c1-3-15-12-10-19-8-7-16-13(19)14(17-12)18(2)9-11-5-4-6-11/h7-8,10-11,15H,3-6,9H2,1-2H3. The van der Waals surface area contributed by atoms with E-state index in [-0.39, 0.29) is 0 Å². The number of nitrogens with zero attached hydrogens (tertiary/aromatic N) is 4. The molecule has 1 saturated carbocycles. The zero-order valence-corrected chi connectivity index (χ0v) is 11.6. The van der Waals surface area contributed by atoms with Crippen LogP contribution < -0.4 is 10.2 Å². The van der Waals surface area contributed by atoms with Crippen LogP contribution in [0.2, 0.25) is 0 Å². The summed E-state index contributed by atoms with van der Waals surface area (Å²) < 4.78 is 2.04. The van der Waals surface area contributed by atoms with Crippen LogP contribution in [0, 0.1) is 5.92 Å². The fourth-order valence-electron chi connectivity index (χ4n) is 2.59. The molecule has 0 aliphatic heterocycles. The third-order valence-electron chi connectivity index (χ3n) is 3.83. The molecule has 2 aromatic heterocycles. The average molecular weight is 259 g/mol. The van der Waals surface area contributed by atoms with Crippen molar-refractivity contribution < 1.29 is 0 Å². The quantitative estimate of drug-likeness (QED) is 0.895. The Bertz CT molecular complexity index is 558. The van der Waals surface area contributed by atoms with Gasteiger partial charge in [-0.25, -0.2) is 9.97 Å². The Balaban J connectivity index is 1.92. The van der Waals surface area contributed by atoms with Gasteiger partial charge in [-0.2, -0.15) is 0 Å². The van der Waals surface area contributed by atoms with E-state index in [1.165, 1.54) is 19.3 Å². The molecule has 0 amide bonds. The van der Waals surface area contributed by atoms with Crippen molar-refractivity contribution >= 4 is 17.3 Å². The summed E-state index contributed by atoms with van der Waals surface area (Å²) in [5, 5.41) is 3.28. The zero-order chi connectivity index (χ0) is 13.2. The first-order valence-corrected chi connectivity index (χ1v) is 7.06. The molecule has 3 rings (SSSR count). The molecule has 0 spiro atoms. The van der Waals surface area contributed by atoms with Crippen LogP contribution in [0.25, 0.3) is 5.65 Å². The van der Waals surface area contributed by atoms with Gasteiger partial charge < -0.3 is 14.6 Å². The Morgan fingerprint density at radius 2 is 2.32 bits per heavy atom. The maximum absolute atomic E-state index is 4.71. The van der Waals surface area contributed by atoms with E-state index in [4.69, 9.17) is 4.98 Å². The number of aromatic nitrogens is 3. The first-order chi connectivity index (χ1) is 9.28. The van der Waals surface area contributed by atoms with Gasteiger partial charge in [-0.3, -0.25) is 0 Å². The Morgan fingerprint density at radius 3 is 3.00 bits per heavy atom. The van der Waals surface area contributed by atoms with Crippen LogP contribution in [0.5, 0.6) is 0 Å². The number of hydrogen-bond acceptors (Lipinski definition) is 4. The van der Waals surface area contributed by atoms with Gasteiger partial charge >= 0.3 is 0 Å². The van der Waals surface area contributed by atoms with Crippen molar-refractivity contribution in [3.63, 3.8) is 0 Å². The molecule has 19 heavy (non-hydrogen) atoms. The van der Waals surface area contributed by atoms with Crippen LogP contribution in [0.15, 0.2) is 18.6 Å². The van der Waals surface area contributed by atoms with E-state index in [1.54, 1.807) is 0 Å². The molecule has 1 N–H and O–H groups in total. The highest BCUT2D eigenvalue weighted by Crippen LogP contribution is 2.29. The lowest BCUT2D eigenvalue weighted by Gasteiger charge is -2.30. The summed E-state index contributed by atoms with van der Waals surface area (Å²) in [6, 6.07) is 0. The highest BCUT2D eigenvalue weighted by Gasteiger charge is 2.21. The van der Waals surface area contributed by atoms with Crippen molar-refractivity contribution in [2.45, 2.75) is 26.2 Å². The number of hydrogen-bond donors (Lipinski definition) is 1. The van der Waals surface area contributed by atoms with E-state index in [9.17, 15) is 0 Å². The Morgan fingerprint density at radius 1 is 1.47 bits per heavy atom. The first kappa shape index (κ1) is 12.3. The van der Waals surface area contributed by atoms with E-state index in [0.29, 0.717) is 0 Å². The van der Waals surface area contributed by atoms with Crippen molar-refractivity contribution in [3.05, 3.63) is 18.6 Å². The zero-order valence-electron chi connectivity index (χ0n) is 11.6. The second kappa shape index (κ2) is 5.07. The first-order valence-electron chi connectivity index (χ1n) is 7.06. The predicted octanol–water partition coefficient (Wildman–Crippen LogP) is 2.40. The fraction of sp³-hybridized carbons (Fsp3) is 0.571. The lowest BCUT2D eigenvalue weighted by molar-refractivity contribution is 0.321. The van der Waals surface area contributed by atoms with Crippen LogP contribution in [-0.2, 0) is 0 Å². The van der Waals surface area contributed by atoms with Gasteiger partial charge in [0.25, 0.3) is 0 Å². The summed E-state index contributed by atoms with van der Waals surface area (Å²) in [5.41, 5.74) is 0.934. The number of anilines is 2. The van der Waals surface area contributed by atoms with Crippen molar-refractivity contribution in [1.29, 1.82) is 0 Å². The molecule has 2 heterocycles. The molecule has 0 radical (unpaired) electrons. The minimum Gasteiger partial charge on any atom is -0.369 e. The van der Waals surface area contributed by atoms with E-state index in [0.717, 1.165) is 36.3 Å². The molecule has 0 unspecified atom stereocenters. The van der Waals surface area contributed by atoms with Gasteiger partial charge in [-0.1, -0.05) is 6.42 Å². The highest BCUT2D eigenvalue weighted by atomic mass is 15.2. The van der Waals surface area contributed by atoms with E-state index in [1.807, 2.05) is 23.0 Å². The molecule has 0 bridgehead atoms. The molecule has 102 valence electrons. The number of rotatable bonds is 5. The molecular formula is C14H21N5. The topological polar surface area (TPSA) is 45.5 Å². The largest absolute Gasteiger partial charge is 0.369 e. The SMILES string of the molecule is CCNc1cn2ccnc2c(N(C)CC2CCC2)n1.